The maximum absolute atomic E-state index is 13.7. The van der Waals surface area contributed by atoms with Crippen LogP contribution in [0.5, 0.6) is 0 Å². The van der Waals surface area contributed by atoms with Gasteiger partial charge in [-0.3, -0.25) is 4.79 Å². The summed E-state index contributed by atoms with van der Waals surface area (Å²) in [6, 6.07) is 13.9. The first kappa shape index (κ1) is 13.5. The topological polar surface area (TPSA) is 17.1 Å². The van der Waals surface area contributed by atoms with Gasteiger partial charge in [-0.05, 0) is 45.6 Å². The summed E-state index contributed by atoms with van der Waals surface area (Å²) in [6.07, 6.45) is 0.339. The Bertz CT molecular complexity index is 794. The lowest BCUT2D eigenvalue weighted by Crippen LogP contribution is -2.03. The van der Waals surface area contributed by atoms with Crippen LogP contribution in [0, 0.1) is 5.82 Å². The minimum absolute atomic E-state index is 0.00977. The van der Waals surface area contributed by atoms with Gasteiger partial charge in [-0.25, -0.2) is 4.39 Å². The molecule has 3 rings (SSSR count). The lowest BCUT2D eigenvalue weighted by atomic mass is 9.99. The Morgan fingerprint density at radius 1 is 1.05 bits per heavy atom. The first-order valence-corrected chi connectivity index (χ1v) is 7.71. The van der Waals surface area contributed by atoms with Crippen LogP contribution in [-0.4, -0.2) is 5.78 Å². The van der Waals surface area contributed by atoms with Gasteiger partial charge in [-0.2, -0.15) is 0 Å². The molecule has 0 fully saturated rings. The molecule has 0 aliphatic carbocycles. The van der Waals surface area contributed by atoms with Crippen molar-refractivity contribution < 1.29 is 9.18 Å². The fraction of sp³-hybridized carbons (Fsp3) is 0.0625. The Balaban J connectivity index is 2.01. The number of thiophene rings is 1. The van der Waals surface area contributed by atoms with Crippen molar-refractivity contribution in [3.05, 3.63) is 68.6 Å². The molecule has 0 unspecified atom stereocenters. The second-order valence-electron chi connectivity index (χ2n) is 4.45. The number of ketones is 1. The number of carbonyl (C=O) groups excluding carboxylic acids is 1. The monoisotopic (exact) mass is 348 g/mol. The zero-order valence-corrected chi connectivity index (χ0v) is 12.8. The van der Waals surface area contributed by atoms with Crippen molar-refractivity contribution in [2.45, 2.75) is 6.42 Å². The minimum atomic E-state index is -0.295. The fourth-order valence-electron chi connectivity index (χ4n) is 2.21. The summed E-state index contributed by atoms with van der Waals surface area (Å²) in [5, 5.41) is 1.17. The van der Waals surface area contributed by atoms with Gasteiger partial charge in [0, 0.05) is 22.2 Å². The van der Waals surface area contributed by atoms with E-state index in [1.165, 1.54) is 6.07 Å². The van der Waals surface area contributed by atoms with E-state index in [1.54, 1.807) is 35.6 Å². The molecule has 0 aliphatic heterocycles. The van der Waals surface area contributed by atoms with Crippen molar-refractivity contribution in [3.63, 3.8) is 0 Å². The molecular weight excluding hydrogens is 339 g/mol. The van der Waals surface area contributed by atoms with Gasteiger partial charge >= 0.3 is 0 Å². The van der Waals surface area contributed by atoms with E-state index in [9.17, 15) is 9.18 Å². The summed E-state index contributed by atoms with van der Waals surface area (Å²) >= 11 is 4.93. The largest absolute Gasteiger partial charge is 0.294 e. The van der Waals surface area contributed by atoms with Crippen LogP contribution in [0.15, 0.2) is 52.3 Å². The van der Waals surface area contributed by atoms with Crippen LogP contribution >= 0.6 is 27.3 Å². The third-order valence-corrected chi connectivity index (χ3v) is 4.76. The molecule has 0 saturated carbocycles. The van der Waals surface area contributed by atoms with E-state index in [4.69, 9.17) is 0 Å². The molecule has 4 heteroatoms. The third kappa shape index (κ3) is 2.53. The molecule has 0 aliphatic rings. The zero-order chi connectivity index (χ0) is 14.1. The molecule has 100 valence electrons. The van der Waals surface area contributed by atoms with E-state index in [0.29, 0.717) is 22.8 Å². The zero-order valence-electron chi connectivity index (χ0n) is 10.4. The molecule has 0 radical (unpaired) electrons. The number of benzene rings is 2. The molecule has 0 bridgehead atoms. The predicted molar refractivity (Wildman–Crippen MR) is 84.0 cm³/mol. The van der Waals surface area contributed by atoms with Gasteiger partial charge in [0.05, 0.1) is 3.79 Å². The van der Waals surface area contributed by atoms with E-state index in [-0.39, 0.29) is 11.6 Å². The maximum Gasteiger partial charge on any atom is 0.168 e. The second kappa shape index (κ2) is 5.46. The normalized spacial score (nSPS) is 10.9. The lowest BCUT2D eigenvalue weighted by Gasteiger charge is -2.06. The molecule has 2 aromatic carbocycles. The number of rotatable bonds is 3. The van der Waals surface area contributed by atoms with Crippen LogP contribution in [-0.2, 0) is 6.42 Å². The van der Waals surface area contributed by atoms with E-state index >= 15 is 0 Å². The highest BCUT2D eigenvalue weighted by molar-refractivity contribution is 9.11. The first-order valence-electron chi connectivity index (χ1n) is 6.10. The Morgan fingerprint density at radius 2 is 1.80 bits per heavy atom. The van der Waals surface area contributed by atoms with Gasteiger partial charge in [0.2, 0.25) is 0 Å². The molecular formula is C16H10BrFOS. The van der Waals surface area contributed by atoms with Crippen LogP contribution in [0.25, 0.3) is 10.8 Å². The van der Waals surface area contributed by atoms with Crippen molar-refractivity contribution in [3.8, 4) is 0 Å². The highest BCUT2D eigenvalue weighted by Crippen LogP contribution is 2.26. The summed E-state index contributed by atoms with van der Waals surface area (Å²) in [5.74, 6) is -0.286. The van der Waals surface area contributed by atoms with Crippen LogP contribution in [0.1, 0.15) is 15.2 Å². The summed E-state index contributed by atoms with van der Waals surface area (Å²) in [4.78, 5) is 13.4. The summed E-state index contributed by atoms with van der Waals surface area (Å²) in [7, 11) is 0. The quantitative estimate of drug-likeness (QED) is 0.592. The molecule has 0 saturated heterocycles. The molecule has 3 aromatic rings. The van der Waals surface area contributed by atoms with Crippen LogP contribution in [0.2, 0.25) is 0 Å². The standard InChI is InChI=1S/C16H10BrFOS/c17-16-8-5-10(20-16)9-15(19)13-6-7-14(18)12-4-2-1-3-11(12)13/h1-8H,9H2. The number of hydrogen-bond acceptors (Lipinski definition) is 2. The van der Waals surface area contributed by atoms with E-state index in [0.717, 1.165) is 8.66 Å². The van der Waals surface area contributed by atoms with Crippen molar-refractivity contribution >= 4 is 43.8 Å². The third-order valence-electron chi connectivity index (χ3n) is 3.13. The van der Waals surface area contributed by atoms with Crippen LogP contribution < -0.4 is 0 Å². The molecule has 0 amide bonds. The average Bonchev–Trinajstić information content (AvgIpc) is 2.84. The van der Waals surface area contributed by atoms with Crippen molar-refractivity contribution in [2.75, 3.05) is 0 Å². The summed E-state index contributed by atoms with van der Waals surface area (Å²) in [5.41, 5.74) is 0.575. The first-order chi connectivity index (χ1) is 9.65. The van der Waals surface area contributed by atoms with Gasteiger partial charge in [0.15, 0.2) is 5.78 Å². The van der Waals surface area contributed by atoms with Crippen molar-refractivity contribution in [2.24, 2.45) is 0 Å². The number of Topliss-reactive ketones (excluding diaryl/α,β-unsaturated/α-hetero) is 1. The number of hydrogen-bond donors (Lipinski definition) is 0. The van der Waals surface area contributed by atoms with Gasteiger partial charge in [0.25, 0.3) is 0 Å². The van der Waals surface area contributed by atoms with E-state index in [1.807, 2.05) is 18.2 Å². The Hall–Kier alpha value is -1.52. The Morgan fingerprint density at radius 3 is 2.50 bits per heavy atom. The van der Waals surface area contributed by atoms with Gasteiger partial charge in [-0.15, -0.1) is 11.3 Å². The van der Waals surface area contributed by atoms with Crippen molar-refractivity contribution in [1.82, 2.24) is 0 Å². The molecule has 20 heavy (non-hydrogen) atoms. The summed E-state index contributed by atoms with van der Waals surface area (Å²) < 4.78 is 14.7. The molecule has 1 aromatic heterocycles. The SMILES string of the molecule is O=C(Cc1ccc(Br)s1)c1ccc(F)c2ccccc12. The number of halogens is 2. The maximum atomic E-state index is 13.7. The van der Waals surface area contributed by atoms with Crippen LogP contribution in [0.3, 0.4) is 0 Å². The second-order valence-corrected chi connectivity index (χ2v) is 6.99. The Kier molecular flexibility index (Phi) is 3.68. The predicted octanol–water partition coefficient (Wildman–Crippen LogP) is 5.23. The van der Waals surface area contributed by atoms with Crippen LogP contribution in [0.4, 0.5) is 4.39 Å². The van der Waals surface area contributed by atoms with E-state index in [2.05, 4.69) is 15.9 Å². The molecule has 1 heterocycles. The van der Waals surface area contributed by atoms with Crippen molar-refractivity contribution in [1.29, 1.82) is 0 Å². The number of fused-ring (bicyclic) bond motifs is 1. The minimum Gasteiger partial charge on any atom is -0.294 e. The molecule has 0 N–H and O–H groups in total. The highest BCUT2D eigenvalue weighted by Gasteiger charge is 2.13. The fourth-order valence-corrected chi connectivity index (χ4v) is 3.69. The average molecular weight is 349 g/mol. The van der Waals surface area contributed by atoms with Gasteiger partial charge < -0.3 is 0 Å². The van der Waals surface area contributed by atoms with Gasteiger partial charge in [0.1, 0.15) is 5.82 Å². The smallest absolute Gasteiger partial charge is 0.168 e. The molecule has 0 spiro atoms. The lowest BCUT2D eigenvalue weighted by molar-refractivity contribution is 0.0995. The van der Waals surface area contributed by atoms with E-state index < -0.39 is 0 Å². The summed E-state index contributed by atoms with van der Waals surface area (Å²) in [6.45, 7) is 0. The Labute approximate surface area is 128 Å². The molecule has 1 nitrogen and oxygen atoms in total. The number of carbonyl (C=O) groups is 1. The molecule has 0 atom stereocenters. The van der Waals surface area contributed by atoms with Gasteiger partial charge in [-0.1, -0.05) is 24.3 Å². The highest BCUT2D eigenvalue weighted by atomic mass is 79.9.